The molecule has 0 N–H and O–H groups in total. The first kappa shape index (κ1) is 7.87. The van der Waals surface area contributed by atoms with Gasteiger partial charge in [-0.05, 0) is 0 Å². The molecule has 37 heavy (non-hydrogen) atoms. The second-order valence-corrected chi connectivity index (χ2v) is 9.81. The molecule has 0 bridgehead atoms. The molecule has 4 unspecified atom stereocenters. The Hall–Kier alpha value is -2.81. The van der Waals surface area contributed by atoms with Gasteiger partial charge in [-0.2, -0.15) is 0 Å². The number of hydrogen-bond donors (Lipinski definition) is 0. The van der Waals surface area contributed by atoms with Crippen molar-refractivity contribution in [1.29, 1.82) is 0 Å². The predicted octanol–water partition coefficient (Wildman–Crippen LogP) is 8.66. The second-order valence-electron chi connectivity index (χ2n) is 7.67. The molecule has 2 heterocycles. The Balaban J connectivity index is 1.91. The van der Waals surface area contributed by atoms with Gasteiger partial charge in [0.05, 0.1) is 0 Å². The molecular weight excluding hydrogens is 517 g/mol. The average Bonchev–Trinajstić information content (AvgIpc) is 3.64. The first-order valence-corrected chi connectivity index (χ1v) is 12.5. The quantitative estimate of drug-likeness (QED) is 0.200. The molecule has 2 fully saturated rings. The minimum atomic E-state index is -4.43. The molecule has 2 saturated carbocycles. The Morgan fingerprint density at radius 2 is 1.65 bits per heavy atom. The zero-order valence-corrected chi connectivity index (χ0v) is 20.3. The third kappa shape index (κ3) is 4.25. The van der Waals surface area contributed by atoms with Crippen LogP contribution in [0.15, 0.2) is 66.6 Å². The molecule has 7 rings (SSSR count). The van der Waals surface area contributed by atoms with Crippen LogP contribution >= 0.6 is 0 Å². The summed E-state index contributed by atoms with van der Waals surface area (Å²) in [5, 5.41) is 10.5. The van der Waals surface area contributed by atoms with Gasteiger partial charge in [0.15, 0.2) is 0 Å². The predicted molar refractivity (Wildman–Crippen MR) is 154 cm³/mol. The van der Waals surface area contributed by atoms with Gasteiger partial charge in [0.2, 0.25) is 0 Å². The Labute approximate surface area is 265 Å². The van der Waals surface area contributed by atoms with E-state index in [1.807, 2.05) is 0 Å². The number of benzene rings is 3. The van der Waals surface area contributed by atoms with E-state index in [4.69, 9.17) is 27.4 Å². The van der Waals surface area contributed by atoms with Crippen LogP contribution in [-0.4, -0.2) is 29.9 Å². The van der Waals surface area contributed by atoms with Crippen LogP contribution in [-0.2, 0) is 0 Å². The van der Waals surface area contributed by atoms with E-state index in [1.165, 1.54) is 0 Å². The standard InChI is InChI=1S/C33H33N3Se/c1-3-10-22(11-4-1)24-15-9-16-25(31(24)23-12-5-2-6-13-23)26-18-19-30-33(27-14-7-8-17-29(27)37-30)32(26)28-20-21-34-36-35-28/h7-9,14-23H,1-6,10-13H2/i1D2,2D2,3D2,4D2,5D2,6D2,7D,8D,9D,10D,11D2,12D,13D2,14D,15D,16D,17D,18D,19D,22D,23D. The van der Waals surface area contributed by atoms with Gasteiger partial charge in [0.25, 0.3) is 0 Å². The first-order valence-electron chi connectivity index (χ1n) is 25.5. The van der Waals surface area contributed by atoms with Gasteiger partial charge < -0.3 is 0 Å². The molecular formula is C33H33N3Se. The SMILES string of the molecule is [2H]c1c([2H])c(-c2c([2H])c([2H])c3[se]c4c([2H])c([2H])c([2H])c([2H])c4c3c2-c2ccnnn2)c(C2([2H])C([2H])C([2H])([2H])C([2H])([2H])C([2H])([2H])C2([2H])[2H])c(C2([2H])C([2H])C([2H])([2H])C([2H])([2H])C([2H])([2H])C2([2H])[2H])c1[2H]. The van der Waals surface area contributed by atoms with Crippen LogP contribution < -0.4 is 0 Å². The molecule has 2 aliphatic rings. The summed E-state index contributed by atoms with van der Waals surface area (Å²) in [6.45, 7) is 0. The zero-order chi connectivity index (χ0) is 50.4. The molecule has 0 aliphatic heterocycles. The van der Waals surface area contributed by atoms with Gasteiger partial charge in [-0.3, -0.25) is 0 Å². The summed E-state index contributed by atoms with van der Waals surface area (Å²) in [5.41, 5.74) is -7.17. The molecule has 4 atom stereocenters. The summed E-state index contributed by atoms with van der Waals surface area (Å²) >= 11 is -1.27. The molecule has 0 radical (unpaired) electrons. The van der Waals surface area contributed by atoms with Gasteiger partial charge in [-0.15, -0.1) is 0 Å². The Bertz CT molecular complexity index is 2920. The molecule has 0 spiro atoms. The van der Waals surface area contributed by atoms with Crippen molar-refractivity contribution in [2.45, 2.75) is 75.6 Å². The van der Waals surface area contributed by atoms with E-state index in [0.717, 1.165) is 12.3 Å². The summed E-state index contributed by atoms with van der Waals surface area (Å²) in [7, 11) is 0. The van der Waals surface area contributed by atoms with Crippen molar-refractivity contribution in [3.63, 3.8) is 0 Å². The first-order chi connectivity index (χ1) is 29.7. The number of fused-ring (bicyclic) bond motifs is 3. The van der Waals surface area contributed by atoms with E-state index in [-0.39, 0.29) is 19.3 Å². The Morgan fingerprint density at radius 3 is 2.51 bits per heavy atom. The Morgan fingerprint density at radius 1 is 0.811 bits per heavy atom. The van der Waals surface area contributed by atoms with Crippen LogP contribution in [0, 0.1) is 0 Å². The Kier molecular flexibility index (Phi) is 2.16. The van der Waals surface area contributed by atoms with E-state index >= 15 is 0 Å². The van der Waals surface area contributed by atoms with Crippen LogP contribution in [0.25, 0.3) is 41.7 Å². The summed E-state index contributed by atoms with van der Waals surface area (Å²) in [4.78, 5) is 0. The molecule has 4 heteroatoms. The summed E-state index contributed by atoms with van der Waals surface area (Å²) in [6.07, 6.45) is -39.4. The fraction of sp³-hybridized carbons (Fsp3) is 0.364. The van der Waals surface area contributed by atoms with Crippen molar-refractivity contribution < 1.29 is 39.8 Å². The summed E-state index contributed by atoms with van der Waals surface area (Å²) in [6, 6.07) is -8.43. The normalized spacial score (nSPS) is 50.6. The summed E-state index contributed by atoms with van der Waals surface area (Å²) in [5.74, 6) is -8.63. The van der Waals surface area contributed by atoms with Gasteiger partial charge in [0, 0.05) is 0 Å². The van der Waals surface area contributed by atoms with Crippen molar-refractivity contribution >= 4 is 33.8 Å². The summed E-state index contributed by atoms with van der Waals surface area (Å²) < 4.78 is 261. The average molecular weight is 580 g/mol. The van der Waals surface area contributed by atoms with Crippen LogP contribution in [0.2, 0.25) is 0 Å². The maximum atomic E-state index is 10.1. The number of rotatable bonds is 4. The van der Waals surface area contributed by atoms with Crippen molar-refractivity contribution in [3.8, 4) is 22.4 Å². The van der Waals surface area contributed by atoms with E-state index < -0.39 is 178 Å². The van der Waals surface area contributed by atoms with E-state index in [9.17, 15) is 12.3 Å². The number of aromatic nitrogens is 3. The fourth-order valence-corrected chi connectivity index (χ4v) is 6.20. The van der Waals surface area contributed by atoms with Crippen LogP contribution in [0.4, 0.5) is 0 Å². The molecule has 2 aromatic heterocycles. The zero-order valence-electron chi connectivity index (χ0n) is 47.6. The number of hydrogen-bond acceptors (Lipinski definition) is 3. The third-order valence-corrected chi connectivity index (χ3v) is 7.80. The van der Waals surface area contributed by atoms with Gasteiger partial charge in [-0.1, -0.05) is 0 Å². The molecule has 3 nitrogen and oxygen atoms in total. The van der Waals surface area contributed by atoms with Gasteiger partial charge >= 0.3 is 265 Å². The van der Waals surface area contributed by atoms with Crippen molar-refractivity contribution in [2.75, 3.05) is 0 Å². The van der Waals surface area contributed by atoms with Crippen LogP contribution in [0.5, 0.6) is 0 Å². The second kappa shape index (κ2) is 10.2. The van der Waals surface area contributed by atoms with Crippen molar-refractivity contribution in [1.82, 2.24) is 15.4 Å². The van der Waals surface area contributed by atoms with Crippen molar-refractivity contribution in [2.24, 2.45) is 0 Å². The molecule has 3 aromatic carbocycles. The third-order valence-electron chi connectivity index (χ3n) is 5.65. The van der Waals surface area contributed by atoms with Crippen LogP contribution in [0.3, 0.4) is 0 Å². The van der Waals surface area contributed by atoms with E-state index in [2.05, 4.69) is 15.4 Å². The molecule has 0 saturated heterocycles. The fourth-order valence-electron chi connectivity index (χ4n) is 4.16. The molecule has 2 aliphatic carbocycles. The van der Waals surface area contributed by atoms with E-state index in [0.29, 0.717) is 0 Å². The molecule has 5 aromatic rings. The molecule has 0 amide bonds. The van der Waals surface area contributed by atoms with E-state index in [1.54, 1.807) is 0 Å². The topological polar surface area (TPSA) is 38.7 Å². The van der Waals surface area contributed by atoms with Crippen molar-refractivity contribution in [3.05, 3.63) is 77.8 Å². The van der Waals surface area contributed by atoms with Crippen LogP contribution in [0.1, 0.15) is 126 Å². The van der Waals surface area contributed by atoms with Gasteiger partial charge in [-0.25, -0.2) is 0 Å². The van der Waals surface area contributed by atoms with Gasteiger partial charge in [0.1, 0.15) is 0 Å². The molecule has 186 valence electrons. The monoisotopic (exact) mass is 580 g/mol. The maximum absolute atomic E-state index is 10.1. The minimum absolute atomic E-state index is 0.0989. The number of nitrogens with zero attached hydrogens (tertiary/aromatic N) is 3.